The fourth-order valence-corrected chi connectivity index (χ4v) is 3.02. The number of amides is 1. The van der Waals surface area contributed by atoms with Crippen molar-refractivity contribution in [3.63, 3.8) is 0 Å². The zero-order valence-electron chi connectivity index (χ0n) is 9.99. The molecule has 0 bridgehead atoms. The Labute approximate surface area is 104 Å². The molecule has 102 valence electrons. The van der Waals surface area contributed by atoms with E-state index in [1.54, 1.807) is 0 Å². The first-order valence-electron chi connectivity index (χ1n) is 6.26. The predicted molar refractivity (Wildman–Crippen MR) is 59.2 cm³/mol. The van der Waals surface area contributed by atoms with Gasteiger partial charge in [-0.25, -0.2) is 13.6 Å². The summed E-state index contributed by atoms with van der Waals surface area (Å²) in [6.45, 7) is 0. The van der Waals surface area contributed by atoms with Gasteiger partial charge in [0, 0.05) is 12.3 Å². The van der Waals surface area contributed by atoms with Gasteiger partial charge in [0.05, 0.1) is 0 Å². The third-order valence-corrected chi connectivity index (χ3v) is 4.13. The molecule has 0 heterocycles. The van der Waals surface area contributed by atoms with Gasteiger partial charge in [0.2, 0.25) is 12.3 Å². The van der Waals surface area contributed by atoms with E-state index < -0.39 is 24.9 Å². The summed E-state index contributed by atoms with van der Waals surface area (Å²) in [5.74, 6) is -1.94. The number of carbonyl (C=O) groups is 2. The Morgan fingerprint density at radius 2 is 1.94 bits per heavy atom. The van der Waals surface area contributed by atoms with Crippen molar-refractivity contribution in [1.82, 2.24) is 5.32 Å². The largest absolute Gasteiger partial charge is 0.480 e. The summed E-state index contributed by atoms with van der Waals surface area (Å²) < 4.78 is 24.4. The van der Waals surface area contributed by atoms with Crippen LogP contribution in [0.4, 0.5) is 8.78 Å². The summed E-state index contributed by atoms with van der Waals surface area (Å²) in [6.07, 6.45) is 1.41. The molecule has 0 saturated heterocycles. The van der Waals surface area contributed by atoms with E-state index >= 15 is 0 Å². The van der Waals surface area contributed by atoms with Gasteiger partial charge in [0.1, 0.15) is 6.04 Å². The number of carboxylic acid groups (broad SMARTS) is 1. The van der Waals surface area contributed by atoms with Crippen LogP contribution in [0.25, 0.3) is 0 Å². The normalized spacial score (nSPS) is 26.3. The third-order valence-electron chi connectivity index (χ3n) is 4.13. The topological polar surface area (TPSA) is 66.4 Å². The Balaban J connectivity index is 1.88. The number of alkyl halides is 2. The lowest BCUT2D eigenvalue weighted by atomic mass is 10.0. The van der Waals surface area contributed by atoms with Crippen LogP contribution in [0.5, 0.6) is 0 Å². The summed E-state index contributed by atoms with van der Waals surface area (Å²) in [5, 5.41) is 11.0. The molecule has 2 aliphatic carbocycles. The van der Waals surface area contributed by atoms with E-state index in [0.29, 0.717) is 0 Å². The minimum absolute atomic E-state index is 0.0535. The predicted octanol–water partition coefficient (Wildman–Crippen LogP) is 1.79. The molecule has 1 amide bonds. The molecule has 2 fully saturated rings. The number of carbonyl (C=O) groups excluding carboxylic acids is 1. The molecule has 0 aromatic heterocycles. The van der Waals surface area contributed by atoms with Crippen molar-refractivity contribution < 1.29 is 23.5 Å². The first kappa shape index (κ1) is 13.2. The first-order valence-corrected chi connectivity index (χ1v) is 6.26. The lowest BCUT2D eigenvalue weighted by Crippen LogP contribution is -2.43. The van der Waals surface area contributed by atoms with Crippen LogP contribution in [0.2, 0.25) is 0 Å². The fraction of sp³-hybridized carbons (Fsp3) is 0.833. The Morgan fingerprint density at radius 1 is 1.33 bits per heavy atom. The number of halogens is 2. The molecule has 2 rings (SSSR count). The third kappa shape index (κ3) is 2.62. The molecule has 18 heavy (non-hydrogen) atoms. The van der Waals surface area contributed by atoms with Gasteiger partial charge in [-0.1, -0.05) is 12.8 Å². The Bertz CT molecular complexity index is 353. The maximum Gasteiger partial charge on any atom is 0.326 e. The van der Waals surface area contributed by atoms with Crippen LogP contribution in [0.15, 0.2) is 0 Å². The van der Waals surface area contributed by atoms with E-state index in [1.807, 2.05) is 0 Å². The highest BCUT2D eigenvalue weighted by Gasteiger charge is 2.58. The maximum atomic E-state index is 12.2. The highest BCUT2D eigenvalue weighted by atomic mass is 19.3. The second kappa shape index (κ2) is 4.82. The molecule has 2 N–H and O–H groups in total. The summed E-state index contributed by atoms with van der Waals surface area (Å²) in [7, 11) is 0. The Hall–Kier alpha value is -1.20. The van der Waals surface area contributed by atoms with Crippen LogP contribution in [0.1, 0.15) is 38.5 Å². The van der Waals surface area contributed by atoms with Gasteiger partial charge in [-0.3, -0.25) is 4.79 Å². The van der Waals surface area contributed by atoms with Crippen LogP contribution in [-0.2, 0) is 9.59 Å². The van der Waals surface area contributed by atoms with Crippen LogP contribution in [0, 0.1) is 11.3 Å². The summed E-state index contributed by atoms with van der Waals surface area (Å²) in [5.41, 5.74) is 0.0535. The number of aliphatic carboxylic acids is 1. The zero-order valence-corrected chi connectivity index (χ0v) is 9.99. The zero-order chi connectivity index (χ0) is 13.3. The maximum absolute atomic E-state index is 12.2. The molecular weight excluding hydrogens is 244 g/mol. The average Bonchev–Trinajstić information content (AvgIpc) is 2.75. The van der Waals surface area contributed by atoms with E-state index in [2.05, 4.69) is 5.32 Å². The molecule has 0 aromatic rings. The van der Waals surface area contributed by atoms with Gasteiger partial charge in [-0.2, -0.15) is 0 Å². The monoisotopic (exact) mass is 261 g/mol. The molecule has 2 unspecified atom stereocenters. The van der Waals surface area contributed by atoms with Crippen LogP contribution >= 0.6 is 0 Å². The van der Waals surface area contributed by atoms with E-state index in [4.69, 9.17) is 5.11 Å². The lowest BCUT2D eigenvalue weighted by Gasteiger charge is -2.15. The number of hydrogen-bond donors (Lipinski definition) is 2. The molecule has 1 spiro atoms. The molecule has 0 radical (unpaired) electrons. The summed E-state index contributed by atoms with van der Waals surface area (Å²) in [6, 6.07) is -1.48. The molecule has 2 atom stereocenters. The molecule has 2 aliphatic rings. The van der Waals surface area contributed by atoms with Crippen molar-refractivity contribution in [1.29, 1.82) is 0 Å². The molecular formula is C12H17F2NO3. The number of nitrogens with one attached hydrogen (secondary N) is 1. The van der Waals surface area contributed by atoms with Crippen LogP contribution in [0.3, 0.4) is 0 Å². The van der Waals surface area contributed by atoms with Crippen molar-refractivity contribution in [3.8, 4) is 0 Å². The molecule has 4 nitrogen and oxygen atoms in total. The van der Waals surface area contributed by atoms with E-state index in [9.17, 15) is 18.4 Å². The van der Waals surface area contributed by atoms with Gasteiger partial charge in [0.25, 0.3) is 0 Å². The van der Waals surface area contributed by atoms with Gasteiger partial charge in [-0.15, -0.1) is 0 Å². The van der Waals surface area contributed by atoms with E-state index in [1.165, 1.54) is 0 Å². The van der Waals surface area contributed by atoms with Crippen molar-refractivity contribution in [3.05, 3.63) is 0 Å². The van der Waals surface area contributed by atoms with Gasteiger partial charge in [0.15, 0.2) is 0 Å². The quantitative estimate of drug-likeness (QED) is 0.793. The summed E-state index contributed by atoms with van der Waals surface area (Å²) in [4.78, 5) is 22.6. The molecule has 2 saturated carbocycles. The van der Waals surface area contributed by atoms with Crippen LogP contribution in [-0.4, -0.2) is 29.5 Å². The minimum atomic E-state index is -2.73. The average molecular weight is 261 g/mol. The number of rotatable bonds is 5. The highest BCUT2D eigenvalue weighted by Crippen LogP contribution is 2.62. The van der Waals surface area contributed by atoms with Crippen molar-refractivity contribution >= 4 is 11.9 Å². The Kier molecular flexibility index (Phi) is 3.54. The van der Waals surface area contributed by atoms with Crippen LogP contribution < -0.4 is 5.32 Å². The standard InChI is InChI=1S/C12H17F2NO3/c13-9(14)5-8(11(17)18)15-10(16)7-6-12(7)3-1-2-4-12/h7-9H,1-6H2,(H,15,16)(H,17,18). The van der Waals surface area contributed by atoms with Gasteiger partial charge >= 0.3 is 5.97 Å². The van der Waals surface area contributed by atoms with Gasteiger partial charge in [-0.05, 0) is 24.7 Å². The molecule has 0 aromatic carbocycles. The van der Waals surface area contributed by atoms with Crippen molar-refractivity contribution in [2.24, 2.45) is 11.3 Å². The first-order chi connectivity index (χ1) is 8.44. The molecule has 0 aliphatic heterocycles. The molecule has 6 heteroatoms. The number of hydrogen-bond acceptors (Lipinski definition) is 2. The number of carboxylic acids is 1. The summed E-state index contributed by atoms with van der Waals surface area (Å²) >= 11 is 0. The van der Waals surface area contributed by atoms with E-state index in [-0.39, 0.29) is 17.2 Å². The second-order valence-electron chi connectivity index (χ2n) is 5.35. The second-order valence-corrected chi connectivity index (χ2v) is 5.35. The fourth-order valence-electron chi connectivity index (χ4n) is 3.02. The Morgan fingerprint density at radius 3 is 2.44 bits per heavy atom. The van der Waals surface area contributed by atoms with E-state index in [0.717, 1.165) is 32.1 Å². The van der Waals surface area contributed by atoms with Crippen molar-refractivity contribution in [2.75, 3.05) is 0 Å². The minimum Gasteiger partial charge on any atom is -0.480 e. The highest BCUT2D eigenvalue weighted by molar-refractivity contribution is 5.87. The smallest absolute Gasteiger partial charge is 0.326 e. The van der Waals surface area contributed by atoms with Crippen molar-refractivity contribution in [2.45, 2.75) is 51.0 Å². The SMILES string of the molecule is O=C(O)C(CC(F)F)NC(=O)C1CC12CCCC2. The van der Waals surface area contributed by atoms with Gasteiger partial charge < -0.3 is 10.4 Å². The lowest BCUT2D eigenvalue weighted by molar-refractivity contribution is -0.143.